The molecule has 2 nitrogen and oxygen atoms in total. The van der Waals surface area contributed by atoms with Gasteiger partial charge in [0.1, 0.15) is 0 Å². The number of halogens is 4. The van der Waals surface area contributed by atoms with Gasteiger partial charge in [0.2, 0.25) is 0 Å². The maximum atomic E-state index is 12.2. The van der Waals surface area contributed by atoms with E-state index in [0.29, 0.717) is 35.7 Å². The molecule has 0 aromatic heterocycles. The fourth-order valence-electron chi connectivity index (χ4n) is 1.50. The van der Waals surface area contributed by atoms with E-state index >= 15 is 0 Å². The molecule has 1 amide bonds. The molecule has 104 valence electrons. The third-order valence-corrected chi connectivity index (χ3v) is 4.46. The van der Waals surface area contributed by atoms with Gasteiger partial charge in [0, 0.05) is 9.37 Å². The second kappa shape index (κ2) is 6.58. The lowest BCUT2D eigenvalue weighted by Gasteiger charge is -2.10. The molecule has 0 aliphatic carbocycles. The van der Waals surface area contributed by atoms with Gasteiger partial charge in [-0.1, -0.05) is 34.8 Å². The van der Waals surface area contributed by atoms with Crippen molar-refractivity contribution in [1.29, 1.82) is 0 Å². The van der Waals surface area contributed by atoms with Crippen LogP contribution in [0.3, 0.4) is 0 Å². The SMILES string of the molecule is O=C(Nc1cc(Cl)c(Cl)cc1Cl)c1cc(S)ccc1Br. The monoisotopic (exact) mass is 409 g/mol. The molecular formula is C13H7BrCl3NOS. The first-order valence-electron chi connectivity index (χ1n) is 5.33. The van der Waals surface area contributed by atoms with Gasteiger partial charge in [-0.2, -0.15) is 0 Å². The zero-order chi connectivity index (χ0) is 14.9. The smallest absolute Gasteiger partial charge is 0.256 e. The molecule has 2 aromatic rings. The van der Waals surface area contributed by atoms with Gasteiger partial charge in [0.25, 0.3) is 5.91 Å². The maximum Gasteiger partial charge on any atom is 0.256 e. The highest BCUT2D eigenvalue weighted by Gasteiger charge is 2.13. The minimum absolute atomic E-state index is 0.311. The zero-order valence-electron chi connectivity index (χ0n) is 9.75. The van der Waals surface area contributed by atoms with Crippen molar-refractivity contribution in [2.75, 3.05) is 5.32 Å². The molecule has 7 heteroatoms. The second-order valence-corrected chi connectivity index (χ2v) is 6.46. The van der Waals surface area contributed by atoms with Crippen LogP contribution >= 0.6 is 63.4 Å². The van der Waals surface area contributed by atoms with Gasteiger partial charge < -0.3 is 5.32 Å². The fraction of sp³-hybridized carbons (Fsp3) is 0. The van der Waals surface area contributed by atoms with Crippen molar-refractivity contribution >= 4 is 75.0 Å². The number of thiol groups is 1. The first-order chi connectivity index (χ1) is 9.38. The van der Waals surface area contributed by atoms with E-state index in [-0.39, 0.29) is 5.91 Å². The van der Waals surface area contributed by atoms with E-state index in [9.17, 15) is 4.79 Å². The first kappa shape index (κ1) is 16.0. The second-order valence-electron chi connectivity index (χ2n) is 3.86. The Balaban J connectivity index is 2.32. The molecule has 0 unspecified atom stereocenters. The number of carbonyl (C=O) groups excluding carboxylic acids is 1. The molecular weight excluding hydrogens is 404 g/mol. The molecule has 2 aromatic carbocycles. The summed E-state index contributed by atoms with van der Waals surface area (Å²) in [4.78, 5) is 12.9. The Morgan fingerprint density at radius 2 is 1.70 bits per heavy atom. The van der Waals surface area contributed by atoms with Gasteiger partial charge in [-0.25, -0.2) is 0 Å². The van der Waals surface area contributed by atoms with Crippen molar-refractivity contribution in [3.8, 4) is 0 Å². The molecule has 0 saturated carbocycles. The highest BCUT2D eigenvalue weighted by molar-refractivity contribution is 9.10. The van der Waals surface area contributed by atoms with Gasteiger partial charge in [-0.3, -0.25) is 4.79 Å². The normalized spacial score (nSPS) is 10.4. The number of rotatable bonds is 2. The molecule has 0 spiro atoms. The predicted octanol–water partition coefficient (Wildman–Crippen LogP) is 5.95. The van der Waals surface area contributed by atoms with Gasteiger partial charge in [-0.05, 0) is 46.3 Å². The molecule has 1 N–H and O–H groups in total. The Hall–Kier alpha value is -0.390. The lowest BCUT2D eigenvalue weighted by Crippen LogP contribution is -2.13. The molecule has 0 saturated heterocycles. The molecule has 0 atom stereocenters. The lowest BCUT2D eigenvalue weighted by atomic mass is 10.2. The summed E-state index contributed by atoms with van der Waals surface area (Å²) in [5.41, 5.74) is 0.835. The number of carbonyl (C=O) groups is 1. The van der Waals surface area contributed by atoms with Crippen LogP contribution in [0, 0.1) is 0 Å². The highest BCUT2D eigenvalue weighted by Crippen LogP contribution is 2.33. The van der Waals surface area contributed by atoms with Crippen LogP contribution in [-0.4, -0.2) is 5.91 Å². The largest absolute Gasteiger partial charge is 0.321 e. The first-order valence-corrected chi connectivity index (χ1v) is 7.70. The molecule has 0 radical (unpaired) electrons. The summed E-state index contributed by atoms with van der Waals surface area (Å²) in [6.07, 6.45) is 0. The molecule has 0 heterocycles. The Bertz CT molecular complexity index is 694. The molecule has 0 aliphatic rings. The van der Waals surface area contributed by atoms with Crippen LogP contribution in [0.25, 0.3) is 0 Å². The van der Waals surface area contributed by atoms with Gasteiger partial charge in [0.15, 0.2) is 0 Å². The van der Waals surface area contributed by atoms with Crippen LogP contribution in [0.4, 0.5) is 5.69 Å². The van der Waals surface area contributed by atoms with Crippen LogP contribution in [0.2, 0.25) is 15.1 Å². The van der Waals surface area contributed by atoms with E-state index in [1.807, 2.05) is 0 Å². The average Bonchev–Trinajstić information content (AvgIpc) is 2.38. The standard InChI is InChI=1S/C13H7BrCl3NOS/c14-8-2-1-6(20)3-7(8)13(19)18-12-5-10(16)9(15)4-11(12)17/h1-5,20H,(H,18,19). The van der Waals surface area contributed by atoms with Crippen molar-refractivity contribution in [3.05, 3.63) is 55.4 Å². The quantitative estimate of drug-likeness (QED) is 0.464. The minimum Gasteiger partial charge on any atom is -0.321 e. The van der Waals surface area contributed by atoms with Crippen LogP contribution in [0.15, 0.2) is 39.7 Å². The van der Waals surface area contributed by atoms with E-state index in [1.54, 1.807) is 18.2 Å². The number of hydrogen-bond acceptors (Lipinski definition) is 2. The van der Waals surface area contributed by atoms with Crippen molar-refractivity contribution in [3.63, 3.8) is 0 Å². The molecule has 0 aliphatic heterocycles. The van der Waals surface area contributed by atoms with E-state index in [4.69, 9.17) is 34.8 Å². The lowest BCUT2D eigenvalue weighted by molar-refractivity contribution is 0.102. The predicted molar refractivity (Wildman–Crippen MR) is 90.8 cm³/mol. The average molecular weight is 412 g/mol. The summed E-state index contributed by atoms with van der Waals surface area (Å²) in [5.74, 6) is -0.326. The molecule has 0 bridgehead atoms. The Labute approximate surface area is 144 Å². The molecule has 20 heavy (non-hydrogen) atoms. The molecule has 0 fully saturated rings. The maximum absolute atomic E-state index is 12.2. The van der Waals surface area contributed by atoms with Crippen molar-refractivity contribution in [2.45, 2.75) is 4.90 Å². The van der Waals surface area contributed by atoms with E-state index in [2.05, 4.69) is 33.9 Å². The third kappa shape index (κ3) is 3.62. The summed E-state index contributed by atoms with van der Waals surface area (Å²) in [6, 6.07) is 8.14. The van der Waals surface area contributed by atoms with Gasteiger partial charge in [0.05, 0.1) is 26.3 Å². The van der Waals surface area contributed by atoms with Crippen LogP contribution in [0.5, 0.6) is 0 Å². The van der Waals surface area contributed by atoms with Crippen LogP contribution in [-0.2, 0) is 0 Å². The summed E-state index contributed by atoms with van der Waals surface area (Å²) >= 11 is 25.3. The van der Waals surface area contributed by atoms with Gasteiger partial charge >= 0.3 is 0 Å². The third-order valence-electron chi connectivity index (χ3n) is 2.45. The Kier molecular flexibility index (Phi) is 5.26. The van der Waals surface area contributed by atoms with Gasteiger partial charge in [-0.15, -0.1) is 12.6 Å². The number of amides is 1. The zero-order valence-corrected chi connectivity index (χ0v) is 14.5. The summed E-state index contributed by atoms with van der Waals surface area (Å²) in [7, 11) is 0. The molecule has 2 rings (SSSR count). The number of nitrogens with one attached hydrogen (secondary N) is 1. The van der Waals surface area contributed by atoms with Crippen LogP contribution < -0.4 is 5.32 Å². The Morgan fingerprint density at radius 1 is 1.05 bits per heavy atom. The van der Waals surface area contributed by atoms with E-state index < -0.39 is 0 Å². The van der Waals surface area contributed by atoms with Crippen molar-refractivity contribution in [2.24, 2.45) is 0 Å². The topological polar surface area (TPSA) is 29.1 Å². The van der Waals surface area contributed by atoms with Crippen molar-refractivity contribution in [1.82, 2.24) is 0 Å². The van der Waals surface area contributed by atoms with Crippen molar-refractivity contribution < 1.29 is 4.79 Å². The summed E-state index contributed by atoms with van der Waals surface area (Å²) < 4.78 is 0.656. The Morgan fingerprint density at radius 3 is 2.40 bits per heavy atom. The summed E-state index contributed by atoms with van der Waals surface area (Å²) in [6.45, 7) is 0. The number of anilines is 1. The minimum atomic E-state index is -0.326. The van der Waals surface area contributed by atoms with E-state index in [1.165, 1.54) is 12.1 Å². The van der Waals surface area contributed by atoms with Crippen LogP contribution in [0.1, 0.15) is 10.4 Å². The number of benzene rings is 2. The summed E-state index contributed by atoms with van der Waals surface area (Å²) in [5, 5.41) is 3.64. The van der Waals surface area contributed by atoms with E-state index in [0.717, 1.165) is 0 Å². The number of hydrogen-bond donors (Lipinski definition) is 2. The fourth-order valence-corrected chi connectivity index (χ4v) is 2.72. The highest BCUT2D eigenvalue weighted by atomic mass is 79.9.